The van der Waals surface area contributed by atoms with Gasteiger partial charge in [0, 0.05) is 12.4 Å². The van der Waals surface area contributed by atoms with Crippen LogP contribution < -0.4 is 5.32 Å². The van der Waals surface area contributed by atoms with E-state index in [1.807, 2.05) is 5.38 Å². The number of amides is 2. The normalized spacial score (nSPS) is 12.2. The van der Waals surface area contributed by atoms with Crippen LogP contribution in [0.2, 0.25) is 0 Å². The molecule has 1 unspecified atom stereocenters. The van der Waals surface area contributed by atoms with Crippen molar-refractivity contribution in [3.8, 4) is 0 Å². The zero-order chi connectivity index (χ0) is 12.8. The molecule has 2 amide bonds. The predicted molar refractivity (Wildman–Crippen MR) is 68.0 cm³/mol. The fourth-order valence-corrected chi connectivity index (χ4v) is 1.95. The molecular weight excluding hydrogens is 238 g/mol. The molecule has 0 saturated carbocycles. The maximum Gasteiger partial charge on any atom is 0.317 e. The molecule has 6 heteroatoms. The van der Waals surface area contributed by atoms with E-state index in [1.165, 1.54) is 4.90 Å². The van der Waals surface area contributed by atoms with E-state index in [9.17, 15) is 4.79 Å². The Morgan fingerprint density at radius 3 is 2.94 bits per heavy atom. The Morgan fingerprint density at radius 1 is 1.71 bits per heavy atom. The lowest BCUT2D eigenvalue weighted by Crippen LogP contribution is -2.43. The van der Waals surface area contributed by atoms with Gasteiger partial charge in [-0.25, -0.2) is 9.78 Å². The third kappa shape index (κ3) is 3.98. The summed E-state index contributed by atoms with van der Waals surface area (Å²) in [4.78, 5) is 17.5. The van der Waals surface area contributed by atoms with E-state index in [4.69, 9.17) is 5.11 Å². The lowest BCUT2D eigenvalue weighted by atomic mass is 10.3. The van der Waals surface area contributed by atoms with E-state index >= 15 is 0 Å². The summed E-state index contributed by atoms with van der Waals surface area (Å²) in [6.07, 6.45) is 0.917. The van der Waals surface area contributed by atoms with Crippen molar-refractivity contribution >= 4 is 17.4 Å². The van der Waals surface area contributed by atoms with Crippen LogP contribution >= 0.6 is 11.3 Å². The minimum Gasteiger partial charge on any atom is -0.394 e. The molecule has 96 valence electrons. The number of urea groups is 1. The second-order valence-electron chi connectivity index (χ2n) is 3.89. The standard InChI is InChI=1S/C11H19N3O2S/c1-4-10-13-9(7-17-10)5-12-11(16)14(3)8(2)6-15/h7-8,15H,4-6H2,1-3H3,(H,12,16). The first-order chi connectivity index (χ1) is 8.08. The fourth-order valence-electron chi connectivity index (χ4n) is 1.21. The number of nitrogens with zero attached hydrogens (tertiary/aromatic N) is 2. The number of likely N-dealkylation sites (N-methyl/N-ethyl adjacent to an activating group) is 1. The highest BCUT2D eigenvalue weighted by molar-refractivity contribution is 7.09. The average Bonchev–Trinajstić information content (AvgIpc) is 2.81. The van der Waals surface area contributed by atoms with Crippen molar-refractivity contribution in [2.45, 2.75) is 32.9 Å². The summed E-state index contributed by atoms with van der Waals surface area (Å²) < 4.78 is 0. The molecule has 0 radical (unpaired) electrons. The average molecular weight is 257 g/mol. The van der Waals surface area contributed by atoms with Crippen LogP contribution in [0.1, 0.15) is 24.5 Å². The van der Waals surface area contributed by atoms with E-state index < -0.39 is 0 Å². The van der Waals surface area contributed by atoms with Crippen molar-refractivity contribution in [2.24, 2.45) is 0 Å². The molecule has 1 rings (SSSR count). The molecule has 0 aromatic carbocycles. The van der Waals surface area contributed by atoms with E-state index in [2.05, 4.69) is 17.2 Å². The zero-order valence-electron chi connectivity index (χ0n) is 10.4. The van der Waals surface area contributed by atoms with Gasteiger partial charge in [-0.15, -0.1) is 11.3 Å². The third-order valence-corrected chi connectivity index (χ3v) is 3.61. The van der Waals surface area contributed by atoms with Crippen molar-refractivity contribution < 1.29 is 9.90 Å². The second-order valence-corrected chi connectivity index (χ2v) is 4.83. The third-order valence-electron chi connectivity index (χ3n) is 2.57. The molecule has 0 bridgehead atoms. The predicted octanol–water partition coefficient (Wildman–Crippen LogP) is 1.23. The van der Waals surface area contributed by atoms with E-state index in [0.717, 1.165) is 17.1 Å². The Bertz CT molecular complexity index is 367. The smallest absolute Gasteiger partial charge is 0.317 e. The highest BCUT2D eigenvalue weighted by atomic mass is 32.1. The summed E-state index contributed by atoms with van der Waals surface area (Å²) in [5, 5.41) is 14.7. The van der Waals surface area contributed by atoms with Gasteiger partial charge in [0.1, 0.15) is 0 Å². The van der Waals surface area contributed by atoms with Crippen molar-refractivity contribution in [1.82, 2.24) is 15.2 Å². The number of aliphatic hydroxyl groups is 1. The van der Waals surface area contributed by atoms with Crippen LogP contribution in [-0.4, -0.2) is 40.7 Å². The summed E-state index contributed by atoms with van der Waals surface area (Å²) in [7, 11) is 1.66. The number of carbonyl (C=O) groups is 1. The first kappa shape index (κ1) is 13.9. The Hall–Kier alpha value is -1.14. The monoisotopic (exact) mass is 257 g/mol. The Morgan fingerprint density at radius 2 is 2.41 bits per heavy atom. The van der Waals surface area contributed by atoms with E-state index in [1.54, 1.807) is 25.3 Å². The summed E-state index contributed by atoms with van der Waals surface area (Å²) in [5.41, 5.74) is 0.880. The molecular formula is C11H19N3O2S. The van der Waals surface area contributed by atoms with Gasteiger partial charge >= 0.3 is 6.03 Å². The summed E-state index contributed by atoms with van der Waals surface area (Å²) in [6.45, 7) is 4.23. The van der Waals surface area contributed by atoms with Gasteiger partial charge < -0.3 is 15.3 Å². The molecule has 0 aliphatic rings. The molecule has 1 heterocycles. The van der Waals surface area contributed by atoms with Crippen LogP contribution in [0.4, 0.5) is 4.79 Å². The zero-order valence-corrected chi connectivity index (χ0v) is 11.3. The largest absolute Gasteiger partial charge is 0.394 e. The van der Waals surface area contributed by atoms with Crippen molar-refractivity contribution in [3.63, 3.8) is 0 Å². The first-order valence-electron chi connectivity index (χ1n) is 5.63. The van der Waals surface area contributed by atoms with Gasteiger partial charge in [-0.2, -0.15) is 0 Å². The molecule has 5 nitrogen and oxygen atoms in total. The van der Waals surface area contributed by atoms with Crippen molar-refractivity contribution in [2.75, 3.05) is 13.7 Å². The molecule has 17 heavy (non-hydrogen) atoms. The Balaban J connectivity index is 2.42. The molecule has 1 aromatic rings. The maximum atomic E-state index is 11.7. The number of rotatable bonds is 5. The summed E-state index contributed by atoms with van der Waals surface area (Å²) >= 11 is 1.60. The Kier molecular flexibility index (Phi) is 5.37. The highest BCUT2D eigenvalue weighted by Crippen LogP contribution is 2.09. The summed E-state index contributed by atoms with van der Waals surface area (Å²) in [5.74, 6) is 0. The minimum atomic E-state index is -0.197. The van der Waals surface area contributed by atoms with Gasteiger partial charge in [0.05, 0.1) is 29.9 Å². The lowest BCUT2D eigenvalue weighted by Gasteiger charge is -2.23. The van der Waals surface area contributed by atoms with Gasteiger partial charge in [-0.3, -0.25) is 0 Å². The molecule has 0 fully saturated rings. The van der Waals surface area contributed by atoms with Gasteiger partial charge in [0.2, 0.25) is 0 Å². The number of hydrogen-bond acceptors (Lipinski definition) is 4. The molecule has 2 N–H and O–H groups in total. The first-order valence-corrected chi connectivity index (χ1v) is 6.51. The number of nitrogens with one attached hydrogen (secondary N) is 1. The van der Waals surface area contributed by atoms with Crippen molar-refractivity contribution in [1.29, 1.82) is 0 Å². The summed E-state index contributed by atoms with van der Waals surface area (Å²) in [6, 6.07) is -0.380. The maximum absolute atomic E-state index is 11.7. The van der Waals surface area contributed by atoms with Crippen LogP contribution in [0.25, 0.3) is 0 Å². The molecule has 0 aliphatic heterocycles. The number of aryl methyl sites for hydroxylation is 1. The molecule has 0 aliphatic carbocycles. The van der Waals surface area contributed by atoms with E-state index in [0.29, 0.717) is 6.54 Å². The number of aromatic nitrogens is 1. The van der Waals surface area contributed by atoms with Crippen LogP contribution in [-0.2, 0) is 13.0 Å². The molecule has 0 spiro atoms. The number of carbonyl (C=O) groups excluding carboxylic acids is 1. The van der Waals surface area contributed by atoms with Crippen LogP contribution in [0.5, 0.6) is 0 Å². The molecule has 0 saturated heterocycles. The number of hydrogen-bond donors (Lipinski definition) is 2. The highest BCUT2D eigenvalue weighted by Gasteiger charge is 2.14. The fraction of sp³-hybridized carbons (Fsp3) is 0.636. The van der Waals surface area contributed by atoms with Gasteiger partial charge in [0.15, 0.2) is 0 Å². The number of aliphatic hydroxyl groups excluding tert-OH is 1. The van der Waals surface area contributed by atoms with E-state index in [-0.39, 0.29) is 18.7 Å². The minimum absolute atomic E-state index is 0.0411. The lowest BCUT2D eigenvalue weighted by molar-refractivity contribution is 0.157. The molecule has 1 atom stereocenters. The molecule has 1 aromatic heterocycles. The topological polar surface area (TPSA) is 65.5 Å². The second kappa shape index (κ2) is 6.56. The Labute approximate surface area is 105 Å². The SMILES string of the molecule is CCc1nc(CNC(=O)N(C)C(C)CO)cs1. The van der Waals surface area contributed by atoms with Gasteiger partial charge in [-0.05, 0) is 13.3 Å². The van der Waals surface area contributed by atoms with Gasteiger partial charge in [-0.1, -0.05) is 6.92 Å². The van der Waals surface area contributed by atoms with Crippen LogP contribution in [0.15, 0.2) is 5.38 Å². The van der Waals surface area contributed by atoms with Crippen molar-refractivity contribution in [3.05, 3.63) is 16.1 Å². The van der Waals surface area contributed by atoms with Crippen LogP contribution in [0, 0.1) is 0 Å². The number of thiazole rings is 1. The quantitative estimate of drug-likeness (QED) is 0.833. The van der Waals surface area contributed by atoms with Gasteiger partial charge in [0.25, 0.3) is 0 Å². The van der Waals surface area contributed by atoms with Crippen LogP contribution in [0.3, 0.4) is 0 Å².